The Hall–Kier alpha value is -0.610. The second-order valence-electron chi connectivity index (χ2n) is 6.78. The minimum atomic E-state index is 0.0885. The Labute approximate surface area is 122 Å². The first-order valence-corrected chi connectivity index (χ1v) is 8.52. The standard InChI is InChI=1S/C16H29N3O/c1-13(16(20)19-9-2-3-10-19)18-11-6-14(7-12-18)15-5-4-8-17-15/h13-15,17H,2-12H2,1H3. The Bertz CT molecular complexity index is 327. The highest BCUT2D eigenvalue weighted by Crippen LogP contribution is 2.27. The first kappa shape index (κ1) is 14.3. The van der Waals surface area contributed by atoms with Gasteiger partial charge >= 0.3 is 0 Å². The third-order valence-corrected chi connectivity index (χ3v) is 5.56. The topological polar surface area (TPSA) is 35.6 Å². The van der Waals surface area contributed by atoms with Gasteiger partial charge in [0.1, 0.15) is 0 Å². The van der Waals surface area contributed by atoms with Crippen LogP contribution in [0.3, 0.4) is 0 Å². The zero-order valence-electron chi connectivity index (χ0n) is 12.8. The highest BCUT2D eigenvalue weighted by Gasteiger charge is 2.33. The number of hydrogen-bond acceptors (Lipinski definition) is 3. The number of amides is 1. The maximum absolute atomic E-state index is 12.5. The summed E-state index contributed by atoms with van der Waals surface area (Å²) in [5, 5.41) is 3.64. The Morgan fingerprint density at radius 1 is 1.05 bits per heavy atom. The summed E-state index contributed by atoms with van der Waals surface area (Å²) in [4.78, 5) is 16.9. The van der Waals surface area contributed by atoms with Crippen molar-refractivity contribution >= 4 is 5.91 Å². The Kier molecular flexibility index (Phi) is 4.61. The molecule has 4 heteroatoms. The number of hydrogen-bond donors (Lipinski definition) is 1. The van der Waals surface area contributed by atoms with Crippen molar-refractivity contribution in [2.75, 3.05) is 32.7 Å². The number of rotatable bonds is 3. The van der Waals surface area contributed by atoms with Crippen molar-refractivity contribution < 1.29 is 4.79 Å². The molecule has 0 bridgehead atoms. The summed E-state index contributed by atoms with van der Waals surface area (Å²) in [6, 6.07) is 0.840. The smallest absolute Gasteiger partial charge is 0.239 e. The summed E-state index contributed by atoms with van der Waals surface area (Å²) in [5.41, 5.74) is 0. The van der Waals surface area contributed by atoms with Crippen LogP contribution in [-0.2, 0) is 4.79 Å². The van der Waals surface area contributed by atoms with Gasteiger partial charge in [-0.15, -0.1) is 0 Å². The molecule has 2 unspecified atom stereocenters. The van der Waals surface area contributed by atoms with Crippen molar-refractivity contribution in [2.45, 2.75) is 57.5 Å². The van der Waals surface area contributed by atoms with Crippen LogP contribution in [-0.4, -0.2) is 60.5 Å². The van der Waals surface area contributed by atoms with E-state index in [1.54, 1.807) is 0 Å². The fraction of sp³-hybridized carbons (Fsp3) is 0.938. The molecule has 0 aliphatic carbocycles. The molecule has 3 fully saturated rings. The minimum Gasteiger partial charge on any atom is -0.341 e. The van der Waals surface area contributed by atoms with Gasteiger partial charge in [0.25, 0.3) is 0 Å². The van der Waals surface area contributed by atoms with E-state index in [0.29, 0.717) is 5.91 Å². The highest BCUT2D eigenvalue weighted by molar-refractivity contribution is 5.81. The van der Waals surface area contributed by atoms with Gasteiger partial charge in [0.05, 0.1) is 6.04 Å². The largest absolute Gasteiger partial charge is 0.341 e. The van der Waals surface area contributed by atoms with E-state index in [9.17, 15) is 4.79 Å². The van der Waals surface area contributed by atoms with E-state index in [1.165, 1.54) is 45.1 Å². The molecule has 3 heterocycles. The van der Waals surface area contributed by atoms with Gasteiger partial charge in [-0.3, -0.25) is 9.69 Å². The Balaban J connectivity index is 1.48. The zero-order valence-corrected chi connectivity index (χ0v) is 12.8. The van der Waals surface area contributed by atoms with Crippen LogP contribution in [0.5, 0.6) is 0 Å². The molecule has 2 atom stereocenters. The first-order chi connectivity index (χ1) is 9.75. The molecule has 1 amide bonds. The van der Waals surface area contributed by atoms with Crippen LogP contribution in [0, 0.1) is 5.92 Å². The van der Waals surface area contributed by atoms with Crippen molar-refractivity contribution in [1.82, 2.24) is 15.1 Å². The highest BCUT2D eigenvalue weighted by atomic mass is 16.2. The summed E-state index contributed by atoms with van der Waals surface area (Å²) in [6.45, 7) is 7.47. The van der Waals surface area contributed by atoms with Crippen molar-refractivity contribution in [2.24, 2.45) is 5.92 Å². The maximum Gasteiger partial charge on any atom is 0.239 e. The zero-order chi connectivity index (χ0) is 13.9. The molecule has 0 aromatic carbocycles. The molecule has 4 nitrogen and oxygen atoms in total. The van der Waals surface area contributed by atoms with E-state index < -0.39 is 0 Å². The van der Waals surface area contributed by atoms with Crippen LogP contribution < -0.4 is 5.32 Å². The molecular formula is C16H29N3O. The lowest BCUT2D eigenvalue weighted by Crippen LogP contribution is -2.50. The fourth-order valence-corrected chi connectivity index (χ4v) is 4.18. The van der Waals surface area contributed by atoms with Crippen LogP contribution >= 0.6 is 0 Å². The lowest BCUT2D eigenvalue weighted by atomic mass is 9.88. The van der Waals surface area contributed by atoms with Crippen LogP contribution in [0.15, 0.2) is 0 Å². The molecule has 20 heavy (non-hydrogen) atoms. The normalized spacial score (nSPS) is 30.9. The predicted octanol–water partition coefficient (Wildman–Crippen LogP) is 1.46. The lowest BCUT2D eigenvalue weighted by Gasteiger charge is -2.38. The minimum absolute atomic E-state index is 0.0885. The third kappa shape index (κ3) is 3.01. The molecule has 0 radical (unpaired) electrons. The van der Waals surface area contributed by atoms with Crippen molar-refractivity contribution in [3.63, 3.8) is 0 Å². The van der Waals surface area contributed by atoms with E-state index in [0.717, 1.165) is 38.1 Å². The second kappa shape index (κ2) is 6.44. The average Bonchev–Trinajstić information content (AvgIpc) is 3.18. The molecule has 3 rings (SSSR count). The predicted molar refractivity (Wildman–Crippen MR) is 80.6 cm³/mol. The molecule has 3 aliphatic rings. The van der Waals surface area contributed by atoms with E-state index in [2.05, 4.69) is 22.0 Å². The summed E-state index contributed by atoms with van der Waals surface area (Å²) in [7, 11) is 0. The van der Waals surface area contributed by atoms with Gasteiger partial charge in [0.2, 0.25) is 5.91 Å². The molecular weight excluding hydrogens is 250 g/mol. The molecule has 114 valence electrons. The summed E-state index contributed by atoms with van der Waals surface area (Å²) >= 11 is 0. The molecule has 0 aromatic rings. The number of carbonyl (C=O) groups excluding carboxylic acids is 1. The summed E-state index contributed by atoms with van der Waals surface area (Å²) in [5.74, 6) is 1.20. The Morgan fingerprint density at radius 2 is 1.75 bits per heavy atom. The van der Waals surface area contributed by atoms with E-state index in [-0.39, 0.29) is 6.04 Å². The molecule has 0 saturated carbocycles. The van der Waals surface area contributed by atoms with Crippen molar-refractivity contribution in [3.05, 3.63) is 0 Å². The van der Waals surface area contributed by atoms with E-state index >= 15 is 0 Å². The van der Waals surface area contributed by atoms with E-state index in [4.69, 9.17) is 0 Å². The maximum atomic E-state index is 12.5. The number of nitrogens with one attached hydrogen (secondary N) is 1. The van der Waals surface area contributed by atoms with Gasteiger partial charge in [0.15, 0.2) is 0 Å². The number of carbonyl (C=O) groups is 1. The number of likely N-dealkylation sites (tertiary alicyclic amines) is 2. The van der Waals surface area contributed by atoms with Crippen LogP contribution in [0.4, 0.5) is 0 Å². The van der Waals surface area contributed by atoms with Gasteiger partial charge < -0.3 is 10.2 Å². The fourth-order valence-electron chi connectivity index (χ4n) is 4.18. The van der Waals surface area contributed by atoms with Crippen molar-refractivity contribution in [3.8, 4) is 0 Å². The van der Waals surface area contributed by atoms with Gasteiger partial charge in [-0.1, -0.05) is 0 Å². The molecule has 0 spiro atoms. The lowest BCUT2D eigenvalue weighted by molar-refractivity contribution is -0.135. The Morgan fingerprint density at radius 3 is 2.35 bits per heavy atom. The average molecular weight is 279 g/mol. The van der Waals surface area contributed by atoms with E-state index in [1.807, 2.05) is 0 Å². The SMILES string of the molecule is CC(C(=O)N1CCCC1)N1CCC(C2CCCN2)CC1. The third-order valence-electron chi connectivity index (χ3n) is 5.56. The molecule has 0 aromatic heterocycles. The molecule has 3 saturated heterocycles. The number of piperidine rings is 1. The van der Waals surface area contributed by atoms with Gasteiger partial charge in [-0.2, -0.15) is 0 Å². The number of nitrogens with zero attached hydrogens (tertiary/aromatic N) is 2. The second-order valence-corrected chi connectivity index (χ2v) is 6.78. The first-order valence-electron chi connectivity index (χ1n) is 8.52. The molecule has 3 aliphatic heterocycles. The van der Waals surface area contributed by atoms with Crippen molar-refractivity contribution in [1.29, 1.82) is 0 Å². The van der Waals surface area contributed by atoms with Gasteiger partial charge in [-0.25, -0.2) is 0 Å². The van der Waals surface area contributed by atoms with Crippen LogP contribution in [0.1, 0.15) is 45.4 Å². The molecule has 1 N–H and O–H groups in total. The van der Waals surface area contributed by atoms with Crippen LogP contribution in [0.25, 0.3) is 0 Å². The summed E-state index contributed by atoms with van der Waals surface area (Å²) < 4.78 is 0. The van der Waals surface area contributed by atoms with Gasteiger partial charge in [0, 0.05) is 19.1 Å². The van der Waals surface area contributed by atoms with Gasteiger partial charge in [-0.05, 0) is 71.0 Å². The van der Waals surface area contributed by atoms with Crippen LogP contribution in [0.2, 0.25) is 0 Å². The summed E-state index contributed by atoms with van der Waals surface area (Å²) in [6.07, 6.45) is 7.59. The monoisotopic (exact) mass is 279 g/mol. The quantitative estimate of drug-likeness (QED) is 0.849.